The van der Waals surface area contributed by atoms with Crippen molar-refractivity contribution in [2.24, 2.45) is 5.41 Å². The highest BCUT2D eigenvalue weighted by Gasteiger charge is 2.31. The highest BCUT2D eigenvalue weighted by molar-refractivity contribution is 5.87. The van der Waals surface area contributed by atoms with Gasteiger partial charge in [0.2, 0.25) is 5.91 Å². The molecule has 8 nitrogen and oxygen atoms in total. The van der Waals surface area contributed by atoms with Crippen LogP contribution in [0.1, 0.15) is 93.6 Å². The molecule has 0 atom stereocenters. The maximum atomic E-state index is 13.7. The van der Waals surface area contributed by atoms with E-state index in [1.54, 1.807) is 45.7 Å². The summed E-state index contributed by atoms with van der Waals surface area (Å²) in [6, 6.07) is 11.6. The van der Waals surface area contributed by atoms with Gasteiger partial charge >= 0.3 is 5.97 Å². The number of aryl methyl sites for hydroxylation is 2. The first-order valence-electron chi connectivity index (χ1n) is 17.3. The van der Waals surface area contributed by atoms with E-state index in [9.17, 15) is 19.1 Å². The average Bonchev–Trinajstić information content (AvgIpc) is 2.98. The fourth-order valence-electron chi connectivity index (χ4n) is 6.57. The van der Waals surface area contributed by atoms with Crippen molar-refractivity contribution in [1.82, 2.24) is 14.8 Å². The summed E-state index contributed by atoms with van der Waals surface area (Å²) in [4.78, 5) is 35.9. The lowest BCUT2D eigenvalue weighted by molar-refractivity contribution is -0.136. The van der Waals surface area contributed by atoms with Gasteiger partial charge in [-0.3, -0.25) is 19.5 Å². The van der Waals surface area contributed by atoms with Crippen molar-refractivity contribution in [2.45, 2.75) is 106 Å². The molecule has 2 N–H and O–H groups in total. The Morgan fingerprint density at radius 1 is 1.02 bits per heavy atom. The van der Waals surface area contributed by atoms with Crippen LogP contribution in [0.2, 0.25) is 0 Å². The fraction of sp³-hybridized carbons (Fsp3) is 0.525. The molecule has 1 fully saturated rings. The van der Waals surface area contributed by atoms with E-state index in [0.29, 0.717) is 12.2 Å². The summed E-state index contributed by atoms with van der Waals surface area (Å²) in [7, 11) is 1.78. The molecule has 5 rings (SSSR count). The standard InChI is InChI=1S/C36H45FN4O3.C4H10O/c1-23-17-30(37)10-9-28(23)20-40-14-11-26-18-27(7-8-29(26)21-40)34-32(22-39(6)25(3)42)38-24(2)31(19-33(43)44)35(34)41-15-12-36(4,5)13-16-41;1-4(2,3)5/h7-10,17-18H,11-16,19-22H2,1-6H3,(H,43,44);5H,1-3H3. The third-order valence-corrected chi connectivity index (χ3v) is 9.52. The Balaban J connectivity index is 0.00000101. The maximum Gasteiger partial charge on any atom is 0.307 e. The van der Waals surface area contributed by atoms with Crippen LogP contribution in [0.5, 0.6) is 0 Å². The molecule has 1 amide bonds. The molecule has 2 aromatic carbocycles. The largest absolute Gasteiger partial charge is 0.481 e. The zero-order chi connectivity index (χ0) is 36.3. The van der Waals surface area contributed by atoms with E-state index in [-0.39, 0.29) is 23.6 Å². The van der Waals surface area contributed by atoms with Crippen LogP contribution in [0.3, 0.4) is 0 Å². The molecule has 1 aromatic heterocycles. The number of piperidine rings is 1. The Labute approximate surface area is 292 Å². The van der Waals surface area contributed by atoms with Crippen molar-refractivity contribution in [3.8, 4) is 11.1 Å². The molecule has 0 bridgehead atoms. The van der Waals surface area contributed by atoms with Gasteiger partial charge in [-0.2, -0.15) is 0 Å². The number of aliphatic hydroxyl groups is 1. The number of pyridine rings is 1. The highest BCUT2D eigenvalue weighted by Crippen LogP contribution is 2.43. The summed E-state index contributed by atoms with van der Waals surface area (Å²) in [6.45, 7) is 19.7. The topological polar surface area (TPSA) is 97.2 Å². The van der Waals surface area contributed by atoms with Crippen molar-refractivity contribution in [1.29, 1.82) is 0 Å². The molecule has 2 aliphatic rings. The van der Waals surface area contributed by atoms with Gasteiger partial charge in [0.25, 0.3) is 0 Å². The number of aromatic nitrogens is 1. The number of carboxylic acid groups (broad SMARTS) is 1. The zero-order valence-electron chi connectivity index (χ0n) is 30.9. The van der Waals surface area contributed by atoms with E-state index < -0.39 is 11.6 Å². The number of carbonyl (C=O) groups excluding carboxylic acids is 1. The number of benzene rings is 2. The number of halogens is 1. The predicted molar refractivity (Wildman–Crippen MR) is 194 cm³/mol. The van der Waals surface area contributed by atoms with Gasteiger partial charge in [0, 0.05) is 63.5 Å². The van der Waals surface area contributed by atoms with Crippen molar-refractivity contribution in [3.63, 3.8) is 0 Å². The molecule has 3 heterocycles. The van der Waals surface area contributed by atoms with Gasteiger partial charge in [0.05, 0.1) is 29.9 Å². The molecule has 9 heteroatoms. The van der Waals surface area contributed by atoms with Crippen LogP contribution >= 0.6 is 0 Å². The van der Waals surface area contributed by atoms with E-state index in [1.807, 2.05) is 19.9 Å². The summed E-state index contributed by atoms with van der Waals surface area (Å²) in [6.07, 6.45) is 2.79. The summed E-state index contributed by atoms with van der Waals surface area (Å²) in [5.41, 5.74) is 9.50. The number of rotatable bonds is 8. The number of aliphatic carboxylic acids is 1. The molecule has 0 aliphatic carbocycles. The molecule has 3 aromatic rings. The van der Waals surface area contributed by atoms with Gasteiger partial charge in [0.15, 0.2) is 0 Å². The quantitative estimate of drug-likeness (QED) is 0.264. The molecular weight excluding hydrogens is 619 g/mol. The van der Waals surface area contributed by atoms with E-state index in [1.165, 1.54) is 17.2 Å². The van der Waals surface area contributed by atoms with Crippen molar-refractivity contribution in [3.05, 3.63) is 81.4 Å². The van der Waals surface area contributed by atoms with Gasteiger partial charge < -0.3 is 20.0 Å². The Bertz CT molecular complexity index is 1660. The third-order valence-electron chi connectivity index (χ3n) is 9.52. The average molecular weight is 675 g/mol. The van der Waals surface area contributed by atoms with Crippen LogP contribution < -0.4 is 4.90 Å². The minimum Gasteiger partial charge on any atom is -0.481 e. The van der Waals surface area contributed by atoms with Crippen molar-refractivity contribution in [2.75, 3.05) is 31.6 Å². The second kappa shape index (κ2) is 15.4. The van der Waals surface area contributed by atoms with Gasteiger partial charge in [-0.25, -0.2) is 4.39 Å². The SMILES string of the molecule is CC(=O)N(C)Cc1nc(C)c(CC(=O)O)c(N2CCC(C)(C)CC2)c1-c1ccc2c(c1)CCN(Cc1ccc(F)cc1C)C2.CC(C)(C)O. The number of hydrogen-bond donors (Lipinski definition) is 2. The molecule has 0 radical (unpaired) electrons. The van der Waals surface area contributed by atoms with E-state index in [0.717, 1.165) is 91.2 Å². The summed E-state index contributed by atoms with van der Waals surface area (Å²) in [5.74, 6) is -1.13. The minimum atomic E-state index is -0.880. The number of fused-ring (bicyclic) bond motifs is 1. The van der Waals surface area contributed by atoms with Crippen LogP contribution in [-0.2, 0) is 42.1 Å². The molecule has 0 spiro atoms. The molecule has 49 heavy (non-hydrogen) atoms. The zero-order valence-corrected chi connectivity index (χ0v) is 30.9. The molecule has 0 unspecified atom stereocenters. The van der Waals surface area contributed by atoms with E-state index in [2.05, 4.69) is 41.8 Å². The first kappa shape index (κ1) is 38.0. The van der Waals surface area contributed by atoms with Crippen molar-refractivity contribution >= 4 is 17.6 Å². The van der Waals surface area contributed by atoms with Gasteiger partial charge in [-0.1, -0.05) is 38.1 Å². The molecule has 1 saturated heterocycles. The lowest BCUT2D eigenvalue weighted by Crippen LogP contribution is -2.38. The van der Waals surface area contributed by atoms with Crippen LogP contribution in [0, 0.1) is 25.1 Å². The van der Waals surface area contributed by atoms with E-state index >= 15 is 0 Å². The fourth-order valence-corrected chi connectivity index (χ4v) is 6.57. The maximum absolute atomic E-state index is 13.7. The summed E-state index contributed by atoms with van der Waals surface area (Å²) < 4.78 is 13.7. The Morgan fingerprint density at radius 3 is 2.27 bits per heavy atom. The van der Waals surface area contributed by atoms with Crippen LogP contribution in [0.15, 0.2) is 36.4 Å². The number of carboxylic acids is 1. The smallest absolute Gasteiger partial charge is 0.307 e. The number of anilines is 1. The van der Waals surface area contributed by atoms with Crippen LogP contribution in [0.25, 0.3) is 11.1 Å². The minimum absolute atomic E-state index is 0.0480. The first-order chi connectivity index (χ1) is 22.8. The molecular formula is C40H55FN4O4. The molecule has 2 aliphatic heterocycles. The predicted octanol–water partition coefficient (Wildman–Crippen LogP) is 7.07. The molecule has 0 saturated carbocycles. The second-order valence-electron chi connectivity index (χ2n) is 15.6. The summed E-state index contributed by atoms with van der Waals surface area (Å²) in [5, 5.41) is 18.5. The molecule has 266 valence electrons. The highest BCUT2D eigenvalue weighted by atomic mass is 19.1. The van der Waals surface area contributed by atoms with Gasteiger partial charge in [0.1, 0.15) is 5.82 Å². The monoisotopic (exact) mass is 674 g/mol. The number of nitrogens with zero attached hydrogens (tertiary/aromatic N) is 4. The van der Waals surface area contributed by atoms with Gasteiger partial charge in [-0.15, -0.1) is 0 Å². The van der Waals surface area contributed by atoms with E-state index in [4.69, 9.17) is 10.1 Å². The van der Waals surface area contributed by atoms with Gasteiger partial charge in [-0.05, 0) is 99.2 Å². The lowest BCUT2D eigenvalue weighted by atomic mass is 9.81. The number of hydrogen-bond acceptors (Lipinski definition) is 6. The van der Waals surface area contributed by atoms with Crippen LogP contribution in [-0.4, -0.2) is 69.2 Å². The normalized spacial score (nSPS) is 16.0. The second-order valence-corrected chi connectivity index (χ2v) is 15.6. The lowest BCUT2D eigenvalue weighted by Gasteiger charge is -2.40. The number of amides is 1. The summed E-state index contributed by atoms with van der Waals surface area (Å²) >= 11 is 0. The van der Waals surface area contributed by atoms with Crippen LogP contribution in [0.4, 0.5) is 10.1 Å². The van der Waals surface area contributed by atoms with Crippen molar-refractivity contribution < 1.29 is 24.2 Å². The number of carbonyl (C=O) groups is 2. The Kier molecular flexibility index (Phi) is 11.9. The Morgan fingerprint density at radius 2 is 1.67 bits per heavy atom. The Hall–Kier alpha value is -3.82. The first-order valence-corrected chi connectivity index (χ1v) is 17.3. The third kappa shape index (κ3) is 10.3.